The molecular weight excluding hydrogens is 534 g/mol. The molecule has 228 valence electrons. The molecule has 1 saturated carbocycles. The molecule has 3 nitrogen and oxygen atoms in total. The molecular formula is C41H51N3+2. The Morgan fingerprint density at radius 2 is 1.59 bits per heavy atom. The second kappa shape index (κ2) is 10.2. The Labute approximate surface area is 265 Å². The first-order chi connectivity index (χ1) is 21.4. The largest absolute Gasteiger partial charge is 0.290 e. The number of fused-ring (bicyclic) bond motifs is 14. The molecule has 2 aromatic carbocycles. The van der Waals surface area contributed by atoms with Gasteiger partial charge in [-0.1, -0.05) is 63.6 Å². The predicted octanol–water partition coefficient (Wildman–Crippen LogP) is 9.21. The Morgan fingerprint density at radius 1 is 0.886 bits per heavy atom. The van der Waals surface area contributed by atoms with Gasteiger partial charge in [0.1, 0.15) is 11.4 Å². The summed E-state index contributed by atoms with van der Waals surface area (Å²) in [5, 5.41) is 0. The molecule has 44 heavy (non-hydrogen) atoms. The van der Waals surface area contributed by atoms with Crippen LogP contribution < -0.4 is 9.13 Å². The van der Waals surface area contributed by atoms with E-state index in [1.54, 1.807) is 17.0 Å². The Morgan fingerprint density at radius 3 is 2.32 bits per heavy atom. The minimum atomic E-state index is -0.191. The van der Waals surface area contributed by atoms with E-state index in [4.69, 9.17) is 0 Å². The minimum Gasteiger partial charge on any atom is -0.226 e. The molecule has 0 amide bonds. The normalized spacial score (nSPS) is 23.7. The fourth-order valence-corrected chi connectivity index (χ4v) is 10.9. The first kappa shape index (κ1) is 28.3. The van der Waals surface area contributed by atoms with Crippen molar-refractivity contribution in [3.8, 4) is 22.6 Å². The van der Waals surface area contributed by atoms with Gasteiger partial charge >= 0.3 is 0 Å². The van der Waals surface area contributed by atoms with Crippen molar-refractivity contribution in [3.05, 3.63) is 94.4 Å². The van der Waals surface area contributed by atoms with E-state index in [-0.39, 0.29) is 11.0 Å². The Hall–Kier alpha value is -3.20. The van der Waals surface area contributed by atoms with Gasteiger partial charge in [-0.3, -0.25) is 0 Å². The van der Waals surface area contributed by atoms with Crippen LogP contribution in [0.1, 0.15) is 138 Å². The van der Waals surface area contributed by atoms with Crippen LogP contribution in [0.4, 0.5) is 0 Å². The van der Waals surface area contributed by atoms with Crippen LogP contribution in [0.3, 0.4) is 0 Å². The summed E-state index contributed by atoms with van der Waals surface area (Å²) in [6.45, 7) is 15.6. The molecule has 2 bridgehead atoms. The van der Waals surface area contributed by atoms with Gasteiger partial charge in [0.15, 0.2) is 6.20 Å². The third-order valence-corrected chi connectivity index (χ3v) is 12.7. The molecule has 4 heterocycles. The van der Waals surface area contributed by atoms with Gasteiger partial charge in [-0.25, -0.2) is 9.13 Å². The highest BCUT2D eigenvalue weighted by molar-refractivity contribution is 5.72. The summed E-state index contributed by atoms with van der Waals surface area (Å²) in [5.74, 6) is 2.95. The van der Waals surface area contributed by atoms with Crippen LogP contribution in [-0.2, 0) is 23.9 Å². The maximum absolute atomic E-state index is 2.84. The highest BCUT2D eigenvalue weighted by Crippen LogP contribution is 2.59. The molecule has 0 saturated heterocycles. The lowest BCUT2D eigenvalue weighted by Crippen LogP contribution is -2.71. The second-order valence-electron chi connectivity index (χ2n) is 14.7. The van der Waals surface area contributed by atoms with E-state index in [0.717, 1.165) is 44.1 Å². The van der Waals surface area contributed by atoms with Gasteiger partial charge in [-0.2, -0.15) is 4.57 Å². The quantitative estimate of drug-likeness (QED) is 0.200. The summed E-state index contributed by atoms with van der Waals surface area (Å²) in [5.41, 5.74) is 13.6. The van der Waals surface area contributed by atoms with Crippen LogP contribution in [0.25, 0.3) is 22.6 Å². The van der Waals surface area contributed by atoms with Crippen LogP contribution in [0.2, 0.25) is 0 Å². The van der Waals surface area contributed by atoms with Crippen molar-refractivity contribution >= 4 is 0 Å². The van der Waals surface area contributed by atoms with Crippen LogP contribution in [-0.4, -0.2) is 4.57 Å². The van der Waals surface area contributed by atoms with Crippen molar-refractivity contribution in [3.63, 3.8) is 0 Å². The number of hydrogen-bond donors (Lipinski definition) is 0. The molecule has 3 heteroatoms. The first-order valence-electron chi connectivity index (χ1n) is 17.9. The van der Waals surface area contributed by atoms with Gasteiger partial charge in [-0.05, 0) is 89.0 Å². The van der Waals surface area contributed by atoms with E-state index < -0.39 is 0 Å². The standard InChI is InChI=1S/C41H51N3/c1-7-10-15-29-22-24-43-36(28(29)6)32-16-11-13-18-34(32)40(8-2,9-3)41(43)23-25-42-37-30-20-21-31(26-30)38(37)44(27(4)5)39(42)33-17-12-14-19-35(33)41/h11-14,16-19,22,24,27,30-31H,7-10,15,20-21,23,25-26H2,1-6H3/q+2. The third-order valence-electron chi connectivity index (χ3n) is 12.7. The lowest BCUT2D eigenvalue weighted by molar-refractivity contribution is -0.771. The summed E-state index contributed by atoms with van der Waals surface area (Å²) in [6, 6.07) is 22.1. The zero-order valence-corrected chi connectivity index (χ0v) is 27.9. The highest BCUT2D eigenvalue weighted by Gasteiger charge is 2.66. The molecule has 0 N–H and O–H groups in total. The number of unbranched alkanes of at least 4 members (excludes halogenated alkanes) is 1. The van der Waals surface area contributed by atoms with Crippen molar-refractivity contribution in [2.45, 2.75) is 135 Å². The van der Waals surface area contributed by atoms with Gasteiger partial charge in [0, 0.05) is 29.0 Å². The molecule has 3 unspecified atom stereocenters. The van der Waals surface area contributed by atoms with E-state index >= 15 is 0 Å². The lowest BCUT2D eigenvalue weighted by atomic mass is 9.54. The van der Waals surface area contributed by atoms with Gasteiger partial charge in [0.05, 0.1) is 35.5 Å². The van der Waals surface area contributed by atoms with Crippen molar-refractivity contribution in [1.29, 1.82) is 0 Å². The number of benzene rings is 2. The monoisotopic (exact) mass is 585 g/mol. The van der Waals surface area contributed by atoms with E-state index in [1.165, 1.54) is 71.4 Å². The average molecular weight is 586 g/mol. The average Bonchev–Trinajstić information content (AvgIpc) is 3.73. The van der Waals surface area contributed by atoms with E-state index in [0.29, 0.717) is 6.04 Å². The molecule has 1 fully saturated rings. The smallest absolute Gasteiger partial charge is 0.226 e. The van der Waals surface area contributed by atoms with Gasteiger partial charge in [0.25, 0.3) is 5.82 Å². The summed E-state index contributed by atoms with van der Waals surface area (Å²) in [6.07, 6.45) is 13.6. The Bertz CT molecular complexity index is 1770. The van der Waals surface area contributed by atoms with Gasteiger partial charge < -0.3 is 0 Å². The Kier molecular flexibility index (Phi) is 6.53. The highest BCUT2D eigenvalue weighted by atomic mass is 15.2. The fraction of sp³-hybridized carbons (Fsp3) is 0.512. The maximum atomic E-state index is 2.84. The summed E-state index contributed by atoms with van der Waals surface area (Å²) in [7, 11) is 0. The number of aryl methyl sites for hydroxylation is 1. The lowest BCUT2D eigenvalue weighted by Gasteiger charge is -2.50. The zero-order chi connectivity index (χ0) is 30.4. The van der Waals surface area contributed by atoms with Crippen molar-refractivity contribution in [1.82, 2.24) is 4.57 Å². The van der Waals surface area contributed by atoms with Crippen molar-refractivity contribution < 1.29 is 9.13 Å². The first-order valence-corrected chi connectivity index (χ1v) is 17.9. The minimum absolute atomic E-state index is 0.0242. The molecule has 4 aromatic rings. The number of nitrogens with zero attached hydrogens (tertiary/aromatic N) is 3. The molecule has 2 aliphatic carbocycles. The second-order valence-corrected chi connectivity index (χ2v) is 14.7. The van der Waals surface area contributed by atoms with E-state index in [1.807, 2.05) is 0 Å². The van der Waals surface area contributed by atoms with E-state index in [9.17, 15) is 0 Å². The number of rotatable bonds is 6. The molecule has 3 atom stereocenters. The van der Waals surface area contributed by atoms with E-state index in [2.05, 4.69) is 116 Å². The van der Waals surface area contributed by atoms with Crippen LogP contribution >= 0.6 is 0 Å². The summed E-state index contributed by atoms with van der Waals surface area (Å²) >= 11 is 0. The topological polar surface area (TPSA) is 12.7 Å². The number of pyridine rings is 1. The van der Waals surface area contributed by atoms with Crippen LogP contribution in [0.15, 0.2) is 60.8 Å². The van der Waals surface area contributed by atoms with Crippen LogP contribution in [0, 0.1) is 6.92 Å². The summed E-state index contributed by atoms with van der Waals surface area (Å²) < 4.78 is 8.44. The van der Waals surface area contributed by atoms with Gasteiger partial charge in [0.2, 0.25) is 11.2 Å². The van der Waals surface area contributed by atoms with Crippen LogP contribution in [0.5, 0.6) is 0 Å². The molecule has 1 spiro atoms. The molecule has 4 aliphatic rings. The molecule has 2 aliphatic heterocycles. The number of hydrogen-bond acceptors (Lipinski definition) is 0. The number of imidazole rings is 1. The fourth-order valence-electron chi connectivity index (χ4n) is 10.9. The molecule has 2 aromatic heterocycles. The zero-order valence-electron chi connectivity index (χ0n) is 27.9. The summed E-state index contributed by atoms with van der Waals surface area (Å²) in [4.78, 5) is 0. The van der Waals surface area contributed by atoms with Crippen molar-refractivity contribution in [2.75, 3.05) is 0 Å². The molecule has 0 radical (unpaired) electrons. The Balaban J connectivity index is 1.49. The third kappa shape index (κ3) is 3.39. The number of aromatic nitrogens is 3. The van der Waals surface area contributed by atoms with Gasteiger partial charge in [-0.15, -0.1) is 0 Å². The van der Waals surface area contributed by atoms with Crippen molar-refractivity contribution in [2.24, 2.45) is 0 Å². The maximum Gasteiger partial charge on any atom is 0.290 e. The molecule has 8 rings (SSSR count). The SMILES string of the molecule is CCCCc1cc[n+]2c(c1C)-c1ccccc1C(CC)(CC)C21CC[n+]2c3c(n(C(C)C)c2-c2ccccc21)C1CCC3C1. The predicted molar refractivity (Wildman–Crippen MR) is 179 cm³/mol.